The highest BCUT2D eigenvalue weighted by Gasteiger charge is 2.22. The van der Waals surface area contributed by atoms with E-state index in [1.807, 2.05) is 27.7 Å². The third kappa shape index (κ3) is 3.74. The van der Waals surface area contributed by atoms with Gasteiger partial charge in [-0.3, -0.25) is 14.5 Å². The SMILES string of the molecule is CCn1nc(C(C)(C)C)cc1C(=O)Nc1cncc(C(=O)O)c1. The quantitative estimate of drug-likeness (QED) is 0.903. The molecule has 0 fully saturated rings. The highest BCUT2D eigenvalue weighted by atomic mass is 16.4. The summed E-state index contributed by atoms with van der Waals surface area (Å²) in [5.41, 5.74) is 1.43. The minimum Gasteiger partial charge on any atom is -0.478 e. The summed E-state index contributed by atoms with van der Waals surface area (Å²) in [6.07, 6.45) is 2.63. The Bertz CT molecular complexity index is 744. The maximum Gasteiger partial charge on any atom is 0.337 e. The Labute approximate surface area is 134 Å². The molecule has 2 aromatic heterocycles. The van der Waals surface area contributed by atoms with Crippen molar-refractivity contribution in [2.24, 2.45) is 0 Å². The number of aromatic nitrogens is 3. The molecular formula is C16H20N4O3. The van der Waals surface area contributed by atoms with Crippen LogP contribution in [0, 0.1) is 0 Å². The van der Waals surface area contributed by atoms with Crippen LogP contribution in [-0.4, -0.2) is 31.7 Å². The van der Waals surface area contributed by atoms with Crippen molar-refractivity contribution < 1.29 is 14.7 Å². The topological polar surface area (TPSA) is 97.1 Å². The molecule has 122 valence electrons. The third-order valence-corrected chi connectivity index (χ3v) is 3.32. The van der Waals surface area contributed by atoms with Crippen LogP contribution in [0.1, 0.15) is 54.2 Å². The van der Waals surface area contributed by atoms with E-state index in [-0.39, 0.29) is 16.9 Å². The molecule has 0 saturated heterocycles. The normalized spacial score (nSPS) is 11.3. The van der Waals surface area contributed by atoms with Crippen LogP contribution < -0.4 is 5.32 Å². The lowest BCUT2D eigenvalue weighted by Crippen LogP contribution is -2.17. The number of pyridine rings is 1. The van der Waals surface area contributed by atoms with Crippen molar-refractivity contribution in [3.05, 3.63) is 41.5 Å². The first-order valence-corrected chi connectivity index (χ1v) is 7.30. The number of hydrogen-bond acceptors (Lipinski definition) is 4. The Morgan fingerprint density at radius 1 is 1.26 bits per heavy atom. The Balaban J connectivity index is 2.29. The number of rotatable bonds is 4. The Kier molecular flexibility index (Phi) is 4.49. The summed E-state index contributed by atoms with van der Waals surface area (Å²) >= 11 is 0. The van der Waals surface area contributed by atoms with Gasteiger partial charge in [0.25, 0.3) is 5.91 Å². The molecule has 2 N–H and O–H groups in total. The van der Waals surface area contributed by atoms with Gasteiger partial charge in [-0.1, -0.05) is 20.8 Å². The number of nitrogens with one attached hydrogen (secondary N) is 1. The number of amides is 1. The van der Waals surface area contributed by atoms with Gasteiger partial charge in [0.15, 0.2) is 0 Å². The van der Waals surface area contributed by atoms with Crippen molar-refractivity contribution in [1.29, 1.82) is 0 Å². The second-order valence-corrected chi connectivity index (χ2v) is 6.20. The van der Waals surface area contributed by atoms with Gasteiger partial charge in [-0.05, 0) is 19.1 Å². The smallest absolute Gasteiger partial charge is 0.337 e. The maximum absolute atomic E-state index is 12.5. The minimum absolute atomic E-state index is 0.0159. The number of carboxylic acid groups (broad SMARTS) is 1. The first-order chi connectivity index (χ1) is 10.7. The first kappa shape index (κ1) is 16.7. The molecule has 0 atom stereocenters. The van der Waals surface area contributed by atoms with Gasteiger partial charge in [-0.25, -0.2) is 4.79 Å². The van der Waals surface area contributed by atoms with E-state index in [9.17, 15) is 9.59 Å². The molecule has 0 unspecified atom stereocenters. The summed E-state index contributed by atoms with van der Waals surface area (Å²) in [7, 11) is 0. The number of hydrogen-bond donors (Lipinski definition) is 2. The van der Waals surface area contributed by atoms with Crippen molar-refractivity contribution in [3.8, 4) is 0 Å². The zero-order valence-electron chi connectivity index (χ0n) is 13.6. The summed E-state index contributed by atoms with van der Waals surface area (Å²) in [5, 5.41) is 16.1. The van der Waals surface area contributed by atoms with Crippen molar-refractivity contribution in [3.63, 3.8) is 0 Å². The largest absolute Gasteiger partial charge is 0.478 e. The summed E-state index contributed by atoms with van der Waals surface area (Å²) < 4.78 is 1.63. The molecule has 0 radical (unpaired) electrons. The molecule has 0 bridgehead atoms. The molecule has 0 aliphatic carbocycles. The van der Waals surface area contributed by atoms with Gasteiger partial charge in [0, 0.05) is 18.2 Å². The average Bonchev–Trinajstić information content (AvgIpc) is 2.92. The number of aryl methyl sites for hydroxylation is 1. The molecule has 0 aliphatic rings. The van der Waals surface area contributed by atoms with Gasteiger partial charge in [0.05, 0.1) is 23.1 Å². The van der Waals surface area contributed by atoms with Crippen LogP contribution >= 0.6 is 0 Å². The van der Waals surface area contributed by atoms with Crippen LogP contribution in [0.5, 0.6) is 0 Å². The summed E-state index contributed by atoms with van der Waals surface area (Å²) in [6, 6.07) is 3.12. The second kappa shape index (κ2) is 6.20. The fourth-order valence-electron chi connectivity index (χ4n) is 2.03. The van der Waals surface area contributed by atoms with E-state index in [0.717, 1.165) is 5.69 Å². The van der Waals surface area contributed by atoms with Crippen molar-refractivity contribution >= 4 is 17.6 Å². The molecule has 2 aromatic rings. The van der Waals surface area contributed by atoms with Crippen LogP contribution in [0.2, 0.25) is 0 Å². The van der Waals surface area contributed by atoms with E-state index in [0.29, 0.717) is 17.9 Å². The number of carboxylic acids is 1. The minimum atomic E-state index is -1.10. The number of aromatic carboxylic acids is 1. The van der Waals surface area contributed by atoms with E-state index in [1.54, 1.807) is 10.7 Å². The van der Waals surface area contributed by atoms with Crippen molar-refractivity contribution in [2.45, 2.75) is 39.7 Å². The van der Waals surface area contributed by atoms with E-state index in [1.165, 1.54) is 18.5 Å². The predicted octanol–water partition coefficient (Wildman–Crippen LogP) is 2.55. The summed E-state index contributed by atoms with van der Waals surface area (Å²) in [5.74, 6) is -1.44. The lowest BCUT2D eigenvalue weighted by atomic mass is 9.92. The number of carbonyl (C=O) groups is 2. The van der Waals surface area contributed by atoms with Crippen LogP contribution in [-0.2, 0) is 12.0 Å². The van der Waals surface area contributed by atoms with Gasteiger partial charge in [0.2, 0.25) is 0 Å². The number of carbonyl (C=O) groups excluding carboxylic acids is 1. The Hall–Kier alpha value is -2.70. The molecule has 2 heterocycles. The number of nitrogens with zero attached hydrogens (tertiary/aromatic N) is 3. The Morgan fingerprint density at radius 2 is 1.96 bits per heavy atom. The molecule has 1 amide bonds. The fraction of sp³-hybridized carbons (Fsp3) is 0.375. The van der Waals surface area contributed by atoms with Gasteiger partial charge < -0.3 is 10.4 Å². The molecule has 0 aliphatic heterocycles. The van der Waals surface area contributed by atoms with Crippen LogP contribution in [0.25, 0.3) is 0 Å². The van der Waals surface area contributed by atoms with E-state index in [2.05, 4.69) is 15.4 Å². The highest BCUT2D eigenvalue weighted by molar-refractivity contribution is 6.03. The van der Waals surface area contributed by atoms with Gasteiger partial charge in [-0.15, -0.1) is 0 Å². The average molecular weight is 316 g/mol. The van der Waals surface area contributed by atoms with Crippen molar-refractivity contribution in [2.75, 3.05) is 5.32 Å². The highest BCUT2D eigenvalue weighted by Crippen LogP contribution is 2.22. The lowest BCUT2D eigenvalue weighted by molar-refractivity contribution is 0.0696. The first-order valence-electron chi connectivity index (χ1n) is 7.30. The molecule has 7 heteroatoms. The van der Waals surface area contributed by atoms with Crippen molar-refractivity contribution in [1.82, 2.24) is 14.8 Å². The molecular weight excluding hydrogens is 296 g/mol. The van der Waals surface area contributed by atoms with Crippen LogP contribution in [0.15, 0.2) is 24.5 Å². The van der Waals surface area contributed by atoms with Gasteiger partial charge >= 0.3 is 5.97 Å². The van der Waals surface area contributed by atoms with Crippen LogP contribution in [0.3, 0.4) is 0 Å². The lowest BCUT2D eigenvalue weighted by Gasteiger charge is -2.13. The molecule has 0 spiro atoms. The molecule has 23 heavy (non-hydrogen) atoms. The zero-order chi connectivity index (χ0) is 17.2. The van der Waals surface area contributed by atoms with Gasteiger partial charge in [-0.2, -0.15) is 5.10 Å². The maximum atomic E-state index is 12.5. The van der Waals surface area contributed by atoms with E-state index in [4.69, 9.17) is 5.11 Å². The second-order valence-electron chi connectivity index (χ2n) is 6.20. The predicted molar refractivity (Wildman–Crippen MR) is 85.8 cm³/mol. The Morgan fingerprint density at radius 3 is 2.52 bits per heavy atom. The molecule has 0 aromatic carbocycles. The van der Waals surface area contributed by atoms with Gasteiger partial charge in [0.1, 0.15) is 5.69 Å². The fourth-order valence-corrected chi connectivity index (χ4v) is 2.03. The van der Waals surface area contributed by atoms with E-state index < -0.39 is 5.97 Å². The molecule has 7 nitrogen and oxygen atoms in total. The standard InChI is InChI=1S/C16H20N4O3/c1-5-20-12(7-13(19-20)16(2,3)4)14(21)18-11-6-10(15(22)23)8-17-9-11/h6-9H,5H2,1-4H3,(H,18,21)(H,22,23). The van der Waals surface area contributed by atoms with Crippen LogP contribution in [0.4, 0.5) is 5.69 Å². The zero-order valence-corrected chi connectivity index (χ0v) is 13.6. The van der Waals surface area contributed by atoms with E-state index >= 15 is 0 Å². The third-order valence-electron chi connectivity index (χ3n) is 3.32. The molecule has 2 rings (SSSR count). The summed E-state index contributed by atoms with van der Waals surface area (Å²) in [4.78, 5) is 27.2. The monoisotopic (exact) mass is 316 g/mol. The molecule has 0 saturated carbocycles. The summed E-state index contributed by atoms with van der Waals surface area (Å²) in [6.45, 7) is 8.54. The number of anilines is 1.